The summed E-state index contributed by atoms with van der Waals surface area (Å²) in [5.41, 5.74) is 23.6. The Morgan fingerprint density at radius 3 is 1.83 bits per heavy atom. The van der Waals surface area contributed by atoms with E-state index in [1.165, 1.54) is 126 Å². The summed E-state index contributed by atoms with van der Waals surface area (Å²) in [6, 6.07) is 31.6. The van der Waals surface area contributed by atoms with Gasteiger partial charge in [-0.05, 0) is 144 Å². The van der Waals surface area contributed by atoms with E-state index in [2.05, 4.69) is 178 Å². The van der Waals surface area contributed by atoms with Gasteiger partial charge >= 0.3 is 0 Å². The van der Waals surface area contributed by atoms with Crippen LogP contribution in [0.3, 0.4) is 0 Å². The fraction of sp³-hybridized carbons (Fsp3) is 0.418. The topological polar surface area (TPSA) is 8.17 Å². The smallest absolute Gasteiger partial charge is 0.252 e. The highest BCUT2D eigenvalue weighted by Gasteiger charge is 2.49. The zero-order chi connectivity index (χ0) is 41.7. The molecule has 300 valence electrons. The van der Waals surface area contributed by atoms with Gasteiger partial charge in [-0.15, -0.1) is 0 Å². The van der Waals surface area contributed by atoms with Crippen LogP contribution in [-0.4, -0.2) is 11.3 Å². The highest BCUT2D eigenvalue weighted by Crippen LogP contribution is 2.56. The normalized spacial score (nSPS) is 20.4. The van der Waals surface area contributed by atoms with Gasteiger partial charge < -0.3 is 9.47 Å². The predicted octanol–water partition coefficient (Wildman–Crippen LogP) is 13.2. The lowest BCUT2D eigenvalue weighted by atomic mass is 9.33. The van der Waals surface area contributed by atoms with Crippen molar-refractivity contribution in [3.05, 3.63) is 123 Å². The van der Waals surface area contributed by atoms with E-state index in [-0.39, 0.29) is 39.2 Å². The Kier molecular flexibility index (Phi) is 7.28. The average Bonchev–Trinajstić information content (AvgIpc) is 3.63. The van der Waals surface area contributed by atoms with Crippen molar-refractivity contribution in [1.29, 1.82) is 0 Å². The molecular formula is C55H60BClN2. The van der Waals surface area contributed by atoms with Crippen LogP contribution in [0.1, 0.15) is 155 Å². The van der Waals surface area contributed by atoms with E-state index in [4.69, 9.17) is 11.6 Å². The van der Waals surface area contributed by atoms with Crippen molar-refractivity contribution in [3.8, 4) is 16.9 Å². The molecule has 2 nitrogen and oxygen atoms in total. The lowest BCUT2D eigenvalue weighted by Gasteiger charge is -2.47. The molecule has 59 heavy (non-hydrogen) atoms. The number of halogens is 1. The number of hydrogen-bond donors (Lipinski definition) is 0. The van der Waals surface area contributed by atoms with Crippen molar-refractivity contribution >= 4 is 62.7 Å². The zero-order valence-corrected chi connectivity index (χ0v) is 38.4. The molecule has 1 aromatic heterocycles. The number of nitrogens with zero attached hydrogens (tertiary/aromatic N) is 2. The Labute approximate surface area is 358 Å². The van der Waals surface area contributed by atoms with E-state index < -0.39 is 0 Å². The summed E-state index contributed by atoms with van der Waals surface area (Å²) < 4.78 is 2.65. The van der Waals surface area contributed by atoms with Crippen molar-refractivity contribution in [1.82, 2.24) is 4.57 Å². The molecule has 0 N–H and O–H groups in total. The molecular weight excluding hydrogens is 735 g/mol. The van der Waals surface area contributed by atoms with E-state index in [1.54, 1.807) is 0 Å². The fourth-order valence-corrected chi connectivity index (χ4v) is 12.7. The molecule has 0 bridgehead atoms. The Balaban J connectivity index is 1.32. The summed E-state index contributed by atoms with van der Waals surface area (Å²) in [7, 11) is 0. The number of anilines is 3. The van der Waals surface area contributed by atoms with Crippen molar-refractivity contribution in [2.24, 2.45) is 0 Å². The minimum Gasteiger partial charge on any atom is -0.311 e. The van der Waals surface area contributed by atoms with Crippen molar-refractivity contribution in [2.75, 3.05) is 4.90 Å². The highest BCUT2D eigenvalue weighted by atomic mass is 35.5. The second-order valence-corrected chi connectivity index (χ2v) is 23.7. The molecule has 11 rings (SSSR count). The van der Waals surface area contributed by atoms with Gasteiger partial charge in [0.05, 0.1) is 5.69 Å². The largest absolute Gasteiger partial charge is 0.311 e. The van der Waals surface area contributed by atoms with Crippen LogP contribution in [0.15, 0.2) is 78.9 Å². The third-order valence-electron chi connectivity index (χ3n) is 16.3. The van der Waals surface area contributed by atoms with Crippen molar-refractivity contribution in [3.63, 3.8) is 0 Å². The van der Waals surface area contributed by atoms with E-state index in [0.717, 1.165) is 5.02 Å². The summed E-state index contributed by atoms with van der Waals surface area (Å²) >= 11 is 7.49. The first-order valence-corrected chi connectivity index (χ1v) is 22.7. The Morgan fingerprint density at radius 1 is 0.576 bits per heavy atom. The van der Waals surface area contributed by atoms with Crippen LogP contribution in [0.2, 0.25) is 5.02 Å². The maximum absolute atomic E-state index is 7.49. The van der Waals surface area contributed by atoms with Crippen LogP contribution in [-0.2, 0) is 32.5 Å². The third kappa shape index (κ3) is 4.89. The predicted molar refractivity (Wildman–Crippen MR) is 254 cm³/mol. The summed E-state index contributed by atoms with van der Waals surface area (Å²) in [6.45, 7) is 31.8. The molecule has 3 heterocycles. The first kappa shape index (κ1) is 37.8. The number of fused-ring (bicyclic) bond motifs is 11. The molecule has 0 amide bonds. The second kappa shape index (κ2) is 11.4. The van der Waals surface area contributed by atoms with Gasteiger partial charge in [-0.1, -0.05) is 144 Å². The molecule has 6 aromatic rings. The SMILES string of the molecule is CC(C)(C)c1cc2c3c(c1)c1c(n3-c3cc(Cl)cc4c3B2c2cc3c(cc2N4c2ccc4c(c2)C(C)(C)CCC4(C)C)C(C)(C)CCC3(C)C)-c2ccccc2C1(C)C. The van der Waals surface area contributed by atoms with Crippen molar-refractivity contribution < 1.29 is 0 Å². The van der Waals surface area contributed by atoms with Crippen LogP contribution in [0.4, 0.5) is 17.1 Å². The minimum atomic E-state index is -0.160. The molecule has 0 radical (unpaired) electrons. The Hall–Kier alpha value is -4.21. The molecule has 5 aromatic carbocycles. The number of rotatable bonds is 1. The summed E-state index contributed by atoms with van der Waals surface area (Å²) in [4.78, 5) is 2.63. The van der Waals surface area contributed by atoms with Crippen LogP contribution >= 0.6 is 11.6 Å². The number of hydrogen-bond acceptors (Lipinski definition) is 1. The van der Waals surface area contributed by atoms with E-state index in [1.807, 2.05) is 0 Å². The maximum atomic E-state index is 7.49. The second-order valence-electron chi connectivity index (χ2n) is 23.3. The lowest BCUT2D eigenvalue weighted by Crippen LogP contribution is -2.61. The van der Waals surface area contributed by atoms with Gasteiger partial charge in [-0.25, -0.2) is 0 Å². The van der Waals surface area contributed by atoms with Crippen LogP contribution in [0.25, 0.3) is 27.8 Å². The van der Waals surface area contributed by atoms with Gasteiger partial charge in [0.25, 0.3) is 6.71 Å². The summed E-state index contributed by atoms with van der Waals surface area (Å²) in [5, 5.41) is 2.17. The van der Waals surface area contributed by atoms with Crippen LogP contribution in [0.5, 0.6) is 0 Å². The molecule has 5 aliphatic rings. The standard InChI is InChI=1S/C55H60BClN2/c1-50(2,3)31-24-35-46-49(34-16-14-15-17-36(34)55(46,12)13)59-45-27-32(57)26-44-47(45)56(42(25-31)48(35)59)41-29-39-40(54(10,11)23-22-53(39,8)9)30-43(41)58(44)33-18-19-37-38(28-33)52(6,7)21-20-51(37,4)5/h14-19,24-30H,20-23H2,1-13H3. The van der Waals surface area contributed by atoms with E-state index >= 15 is 0 Å². The molecule has 0 unspecified atom stereocenters. The Bertz CT molecular complexity index is 2870. The van der Waals surface area contributed by atoms with E-state index in [9.17, 15) is 0 Å². The fourth-order valence-electron chi connectivity index (χ4n) is 12.5. The van der Waals surface area contributed by atoms with Gasteiger partial charge in [0.15, 0.2) is 0 Å². The maximum Gasteiger partial charge on any atom is 0.252 e. The highest BCUT2D eigenvalue weighted by molar-refractivity contribution is 7.00. The molecule has 4 heteroatoms. The quantitative estimate of drug-likeness (QED) is 0.150. The molecule has 3 aliphatic carbocycles. The molecule has 0 spiro atoms. The number of benzene rings is 5. The summed E-state index contributed by atoms with van der Waals surface area (Å²) in [5.74, 6) is 0. The van der Waals surface area contributed by atoms with Gasteiger partial charge in [-0.3, -0.25) is 0 Å². The van der Waals surface area contributed by atoms with Gasteiger partial charge in [0.2, 0.25) is 0 Å². The average molecular weight is 795 g/mol. The minimum absolute atomic E-state index is 0.0342. The monoisotopic (exact) mass is 794 g/mol. The van der Waals surface area contributed by atoms with Gasteiger partial charge in [-0.2, -0.15) is 0 Å². The molecule has 0 saturated heterocycles. The third-order valence-corrected chi connectivity index (χ3v) is 16.5. The van der Waals surface area contributed by atoms with Gasteiger partial charge in [0, 0.05) is 49.7 Å². The Morgan fingerprint density at radius 2 is 1.17 bits per heavy atom. The molecule has 2 aliphatic heterocycles. The van der Waals surface area contributed by atoms with Crippen molar-refractivity contribution in [2.45, 2.75) is 148 Å². The van der Waals surface area contributed by atoms with Gasteiger partial charge in [0.1, 0.15) is 0 Å². The molecule has 0 saturated carbocycles. The molecule has 0 fully saturated rings. The van der Waals surface area contributed by atoms with Crippen LogP contribution in [0, 0.1) is 0 Å². The summed E-state index contributed by atoms with van der Waals surface area (Å²) in [6.07, 6.45) is 4.73. The van der Waals surface area contributed by atoms with Crippen LogP contribution < -0.4 is 21.3 Å². The number of aromatic nitrogens is 1. The first-order chi connectivity index (χ1) is 27.5. The first-order valence-electron chi connectivity index (χ1n) is 22.3. The molecule has 0 atom stereocenters. The van der Waals surface area contributed by atoms with E-state index in [0.29, 0.717) is 0 Å². The zero-order valence-electron chi connectivity index (χ0n) is 37.7. The lowest BCUT2D eigenvalue weighted by molar-refractivity contribution is 0.332.